The van der Waals surface area contributed by atoms with Crippen molar-refractivity contribution in [3.05, 3.63) is 58.7 Å². The van der Waals surface area contributed by atoms with Crippen LogP contribution < -0.4 is 10.1 Å². The third-order valence-electron chi connectivity index (χ3n) is 5.21. The van der Waals surface area contributed by atoms with E-state index in [1.165, 1.54) is 5.56 Å². The van der Waals surface area contributed by atoms with Gasteiger partial charge in [0.15, 0.2) is 0 Å². The second-order valence-electron chi connectivity index (χ2n) is 7.00. The molecule has 0 spiro atoms. The van der Waals surface area contributed by atoms with Crippen LogP contribution in [0.5, 0.6) is 11.5 Å². The van der Waals surface area contributed by atoms with Gasteiger partial charge >= 0.3 is 0 Å². The van der Waals surface area contributed by atoms with E-state index in [1.54, 1.807) is 19.2 Å². The summed E-state index contributed by atoms with van der Waals surface area (Å²) in [5.74, 6) is 0.939. The van der Waals surface area contributed by atoms with Crippen molar-refractivity contribution in [3.8, 4) is 11.5 Å². The van der Waals surface area contributed by atoms with Crippen molar-refractivity contribution in [2.45, 2.75) is 51.0 Å². The first kappa shape index (κ1) is 18.7. The largest absolute Gasteiger partial charge is 0.508 e. The van der Waals surface area contributed by atoms with Crippen LogP contribution >= 0.6 is 0 Å². The molecule has 3 rings (SSSR count). The molecule has 26 heavy (non-hydrogen) atoms. The van der Waals surface area contributed by atoms with Gasteiger partial charge < -0.3 is 25.4 Å². The fourth-order valence-corrected chi connectivity index (χ4v) is 3.84. The molecule has 5 heteroatoms. The standard InChI is InChI=1S/C21H27NO4/c1-13(11-14-3-5-15(26-2)6-4-14)22-19-9-7-16-17(21(19)25)8-10-20(24)18(16)12-23/h3-6,8,10,13,19,21-25H,7,9,11-12H2,1-2H3. The molecular weight excluding hydrogens is 330 g/mol. The molecule has 2 aromatic rings. The van der Waals surface area contributed by atoms with Gasteiger partial charge in [-0.05, 0) is 61.1 Å². The van der Waals surface area contributed by atoms with E-state index in [-0.39, 0.29) is 24.4 Å². The first-order valence-corrected chi connectivity index (χ1v) is 9.05. The fourth-order valence-electron chi connectivity index (χ4n) is 3.84. The van der Waals surface area contributed by atoms with Crippen LogP contribution in [0.15, 0.2) is 36.4 Å². The Morgan fingerprint density at radius 3 is 2.58 bits per heavy atom. The van der Waals surface area contributed by atoms with Gasteiger partial charge in [0.1, 0.15) is 11.5 Å². The maximum Gasteiger partial charge on any atom is 0.121 e. The summed E-state index contributed by atoms with van der Waals surface area (Å²) >= 11 is 0. The van der Waals surface area contributed by atoms with Crippen LogP contribution in [0.2, 0.25) is 0 Å². The number of aromatic hydroxyl groups is 1. The van der Waals surface area contributed by atoms with Crippen LogP contribution in [0.1, 0.15) is 41.7 Å². The maximum atomic E-state index is 10.8. The van der Waals surface area contributed by atoms with Crippen molar-refractivity contribution in [2.75, 3.05) is 7.11 Å². The molecule has 140 valence electrons. The Bertz CT molecular complexity index is 744. The number of fused-ring (bicyclic) bond motifs is 1. The van der Waals surface area contributed by atoms with Crippen molar-refractivity contribution < 1.29 is 20.1 Å². The molecule has 0 heterocycles. The van der Waals surface area contributed by atoms with Crippen molar-refractivity contribution >= 4 is 0 Å². The van der Waals surface area contributed by atoms with Gasteiger partial charge in [-0.2, -0.15) is 0 Å². The summed E-state index contributed by atoms with van der Waals surface area (Å²) in [4.78, 5) is 0. The molecule has 1 aliphatic carbocycles. The number of hydrogen-bond acceptors (Lipinski definition) is 5. The van der Waals surface area contributed by atoms with Gasteiger partial charge in [-0.25, -0.2) is 0 Å². The van der Waals surface area contributed by atoms with Gasteiger partial charge in [0, 0.05) is 17.6 Å². The van der Waals surface area contributed by atoms with E-state index in [4.69, 9.17) is 4.74 Å². The highest BCUT2D eigenvalue weighted by atomic mass is 16.5. The van der Waals surface area contributed by atoms with Crippen molar-refractivity contribution in [1.82, 2.24) is 5.32 Å². The monoisotopic (exact) mass is 357 g/mol. The lowest BCUT2D eigenvalue weighted by atomic mass is 9.82. The molecule has 0 amide bonds. The molecule has 0 bridgehead atoms. The van der Waals surface area contributed by atoms with Gasteiger partial charge in [-0.1, -0.05) is 18.2 Å². The number of ether oxygens (including phenoxy) is 1. The maximum absolute atomic E-state index is 10.8. The normalized spacial score (nSPS) is 20.5. The lowest BCUT2D eigenvalue weighted by Gasteiger charge is -2.34. The zero-order chi connectivity index (χ0) is 18.7. The van der Waals surface area contributed by atoms with Crippen LogP contribution in [0.25, 0.3) is 0 Å². The van der Waals surface area contributed by atoms with E-state index in [9.17, 15) is 15.3 Å². The Labute approximate surface area is 154 Å². The lowest BCUT2D eigenvalue weighted by molar-refractivity contribution is 0.108. The number of nitrogens with one attached hydrogen (secondary N) is 1. The smallest absolute Gasteiger partial charge is 0.121 e. The van der Waals surface area contributed by atoms with E-state index in [2.05, 4.69) is 24.4 Å². The SMILES string of the molecule is COc1ccc(CC(C)NC2CCc3c(ccc(O)c3CO)C2O)cc1. The van der Waals surface area contributed by atoms with E-state index in [0.29, 0.717) is 5.56 Å². The Morgan fingerprint density at radius 2 is 1.92 bits per heavy atom. The van der Waals surface area contributed by atoms with Crippen molar-refractivity contribution in [2.24, 2.45) is 0 Å². The molecular formula is C21H27NO4. The summed E-state index contributed by atoms with van der Waals surface area (Å²) in [7, 11) is 1.66. The van der Waals surface area contributed by atoms with Gasteiger partial charge in [-0.3, -0.25) is 0 Å². The molecule has 0 radical (unpaired) electrons. The quantitative estimate of drug-likeness (QED) is 0.638. The summed E-state index contributed by atoms with van der Waals surface area (Å²) in [6, 6.07) is 11.5. The van der Waals surface area contributed by atoms with Crippen LogP contribution in [0, 0.1) is 0 Å². The second kappa shape index (κ2) is 8.08. The van der Waals surface area contributed by atoms with Crippen LogP contribution in [-0.4, -0.2) is 34.5 Å². The third-order valence-corrected chi connectivity index (χ3v) is 5.21. The van der Waals surface area contributed by atoms with Crippen LogP contribution in [-0.2, 0) is 19.4 Å². The zero-order valence-electron chi connectivity index (χ0n) is 15.3. The van der Waals surface area contributed by atoms with Crippen LogP contribution in [0.4, 0.5) is 0 Å². The summed E-state index contributed by atoms with van der Waals surface area (Å²) in [6.07, 6.45) is 1.70. The molecule has 0 fully saturated rings. The number of benzene rings is 2. The molecule has 0 aliphatic heterocycles. The topological polar surface area (TPSA) is 82.0 Å². The zero-order valence-corrected chi connectivity index (χ0v) is 15.3. The number of rotatable bonds is 6. The van der Waals surface area contributed by atoms with Gasteiger partial charge in [0.25, 0.3) is 0 Å². The molecule has 0 saturated heterocycles. The molecule has 3 atom stereocenters. The number of phenols is 1. The molecule has 4 N–H and O–H groups in total. The predicted molar refractivity (Wildman–Crippen MR) is 100 cm³/mol. The van der Waals surface area contributed by atoms with Crippen molar-refractivity contribution in [1.29, 1.82) is 0 Å². The second-order valence-corrected chi connectivity index (χ2v) is 7.00. The molecule has 5 nitrogen and oxygen atoms in total. The summed E-state index contributed by atoms with van der Waals surface area (Å²) < 4.78 is 5.19. The fraction of sp³-hybridized carbons (Fsp3) is 0.429. The highest BCUT2D eigenvalue weighted by molar-refractivity contribution is 5.46. The Balaban J connectivity index is 1.67. The Morgan fingerprint density at radius 1 is 1.19 bits per heavy atom. The summed E-state index contributed by atoms with van der Waals surface area (Å²) in [5.41, 5.74) is 3.42. The highest BCUT2D eigenvalue weighted by Gasteiger charge is 2.30. The molecule has 2 aromatic carbocycles. The van der Waals surface area contributed by atoms with Crippen molar-refractivity contribution in [3.63, 3.8) is 0 Å². The summed E-state index contributed by atoms with van der Waals surface area (Å²) in [5, 5.41) is 33.7. The minimum Gasteiger partial charge on any atom is -0.508 e. The average molecular weight is 357 g/mol. The van der Waals surface area contributed by atoms with Gasteiger partial charge in [-0.15, -0.1) is 0 Å². The molecule has 0 aromatic heterocycles. The van der Waals surface area contributed by atoms with Gasteiger partial charge in [0.2, 0.25) is 0 Å². The lowest BCUT2D eigenvalue weighted by Crippen LogP contribution is -2.44. The Kier molecular flexibility index (Phi) is 5.81. The Hall–Kier alpha value is -2.08. The van der Waals surface area contributed by atoms with E-state index >= 15 is 0 Å². The van der Waals surface area contributed by atoms with E-state index in [1.807, 2.05) is 12.1 Å². The molecule has 1 aliphatic rings. The molecule has 3 unspecified atom stereocenters. The minimum atomic E-state index is -0.650. The first-order valence-electron chi connectivity index (χ1n) is 9.05. The number of aliphatic hydroxyl groups excluding tert-OH is 2. The third kappa shape index (κ3) is 3.85. The van der Waals surface area contributed by atoms with Gasteiger partial charge in [0.05, 0.1) is 19.8 Å². The minimum absolute atomic E-state index is 0.0492. The number of aliphatic hydroxyl groups is 2. The highest BCUT2D eigenvalue weighted by Crippen LogP contribution is 2.36. The average Bonchev–Trinajstić information content (AvgIpc) is 2.64. The number of hydrogen-bond donors (Lipinski definition) is 4. The van der Waals surface area contributed by atoms with Crippen LogP contribution in [0.3, 0.4) is 0 Å². The predicted octanol–water partition coefficient (Wildman–Crippen LogP) is 2.46. The summed E-state index contributed by atoms with van der Waals surface area (Å²) in [6.45, 7) is 1.90. The van der Waals surface area contributed by atoms with E-state index in [0.717, 1.165) is 36.1 Å². The molecule has 0 saturated carbocycles. The first-order chi connectivity index (χ1) is 12.5. The van der Waals surface area contributed by atoms with E-state index < -0.39 is 6.10 Å². The number of methoxy groups -OCH3 is 1.